The Balaban J connectivity index is 2.30. The van der Waals surface area contributed by atoms with E-state index < -0.39 is 0 Å². The highest BCUT2D eigenvalue weighted by molar-refractivity contribution is 5.43. The maximum atomic E-state index is 5.78. The predicted molar refractivity (Wildman–Crippen MR) is 79.6 cm³/mol. The van der Waals surface area contributed by atoms with Crippen molar-refractivity contribution in [1.82, 2.24) is 4.90 Å². The third-order valence-corrected chi connectivity index (χ3v) is 4.02. The molecule has 1 aliphatic rings. The minimum atomic E-state index is 0.516. The van der Waals surface area contributed by atoms with Gasteiger partial charge in [0.05, 0.1) is 7.11 Å². The monoisotopic (exact) mass is 262 g/mol. The highest BCUT2D eigenvalue weighted by Gasteiger charge is 2.26. The Bertz CT molecular complexity index is 400. The van der Waals surface area contributed by atoms with Crippen molar-refractivity contribution in [2.75, 3.05) is 26.7 Å². The molecule has 106 valence electrons. The molecule has 2 N–H and O–H groups in total. The number of benzene rings is 1. The summed E-state index contributed by atoms with van der Waals surface area (Å²) in [5.41, 5.74) is 8.63. The third kappa shape index (κ3) is 3.10. The summed E-state index contributed by atoms with van der Waals surface area (Å²) in [4.78, 5) is 2.54. The van der Waals surface area contributed by atoms with Crippen LogP contribution in [0.1, 0.15) is 43.4 Å². The van der Waals surface area contributed by atoms with Crippen LogP contribution in [-0.2, 0) is 6.42 Å². The van der Waals surface area contributed by atoms with Crippen LogP contribution in [0.3, 0.4) is 0 Å². The van der Waals surface area contributed by atoms with Crippen LogP contribution in [0.15, 0.2) is 18.2 Å². The molecule has 1 aliphatic carbocycles. The van der Waals surface area contributed by atoms with E-state index in [0.29, 0.717) is 6.04 Å². The molecule has 0 bridgehead atoms. The predicted octanol–water partition coefficient (Wildman–Crippen LogP) is 2.74. The molecule has 0 saturated heterocycles. The molecule has 0 aromatic heterocycles. The topological polar surface area (TPSA) is 38.5 Å². The molecular formula is C16H26N2O. The van der Waals surface area contributed by atoms with Crippen LogP contribution in [0, 0.1) is 0 Å². The molecule has 1 unspecified atom stereocenters. The van der Waals surface area contributed by atoms with E-state index >= 15 is 0 Å². The van der Waals surface area contributed by atoms with E-state index in [1.54, 1.807) is 7.11 Å². The van der Waals surface area contributed by atoms with E-state index in [-0.39, 0.29) is 0 Å². The Kier molecular flexibility index (Phi) is 5.23. The fourth-order valence-corrected chi connectivity index (χ4v) is 3.24. The zero-order valence-corrected chi connectivity index (χ0v) is 12.2. The number of methoxy groups -OCH3 is 1. The van der Waals surface area contributed by atoms with E-state index in [4.69, 9.17) is 10.5 Å². The lowest BCUT2D eigenvalue weighted by molar-refractivity contribution is 0.183. The van der Waals surface area contributed by atoms with E-state index in [1.807, 2.05) is 0 Å². The van der Waals surface area contributed by atoms with Crippen LogP contribution in [0.2, 0.25) is 0 Å². The van der Waals surface area contributed by atoms with E-state index in [9.17, 15) is 0 Å². The fourth-order valence-electron chi connectivity index (χ4n) is 3.24. The maximum Gasteiger partial charge on any atom is 0.122 e. The first-order chi connectivity index (χ1) is 9.31. The highest BCUT2D eigenvalue weighted by atomic mass is 16.5. The summed E-state index contributed by atoms with van der Waals surface area (Å²) < 4.78 is 5.52. The lowest BCUT2D eigenvalue weighted by atomic mass is 9.86. The van der Waals surface area contributed by atoms with Gasteiger partial charge in [0.1, 0.15) is 5.75 Å². The molecule has 19 heavy (non-hydrogen) atoms. The number of nitrogens with zero attached hydrogens (tertiary/aromatic N) is 1. The quantitative estimate of drug-likeness (QED) is 0.856. The molecule has 0 fully saturated rings. The second kappa shape index (κ2) is 6.92. The minimum absolute atomic E-state index is 0.516. The second-order valence-corrected chi connectivity index (χ2v) is 5.26. The van der Waals surface area contributed by atoms with Gasteiger partial charge in [-0.25, -0.2) is 0 Å². The van der Waals surface area contributed by atoms with Gasteiger partial charge in [-0.15, -0.1) is 0 Å². The van der Waals surface area contributed by atoms with Crippen molar-refractivity contribution in [1.29, 1.82) is 0 Å². The van der Waals surface area contributed by atoms with E-state index in [0.717, 1.165) is 31.8 Å². The first-order valence-corrected chi connectivity index (χ1v) is 7.41. The number of fused-ring (bicyclic) bond motifs is 1. The smallest absolute Gasteiger partial charge is 0.122 e. The Labute approximate surface area is 116 Å². The van der Waals surface area contributed by atoms with Gasteiger partial charge in [0.2, 0.25) is 0 Å². The zero-order valence-electron chi connectivity index (χ0n) is 12.2. The summed E-state index contributed by atoms with van der Waals surface area (Å²) in [6.45, 7) is 5.07. The Morgan fingerprint density at radius 3 is 2.89 bits per heavy atom. The van der Waals surface area contributed by atoms with Crippen LogP contribution >= 0.6 is 0 Å². The highest BCUT2D eigenvalue weighted by Crippen LogP contribution is 2.38. The Morgan fingerprint density at radius 2 is 2.21 bits per heavy atom. The number of nitrogens with two attached hydrogens (primary N) is 1. The average molecular weight is 262 g/mol. The van der Waals surface area contributed by atoms with Gasteiger partial charge < -0.3 is 10.5 Å². The first-order valence-electron chi connectivity index (χ1n) is 7.41. The number of hydrogen-bond donors (Lipinski definition) is 1. The van der Waals surface area contributed by atoms with Crippen LogP contribution in [0.4, 0.5) is 0 Å². The number of ether oxygens (including phenoxy) is 1. The van der Waals surface area contributed by atoms with Gasteiger partial charge in [-0.1, -0.05) is 19.1 Å². The van der Waals surface area contributed by atoms with E-state index in [2.05, 4.69) is 30.0 Å². The van der Waals surface area contributed by atoms with Gasteiger partial charge >= 0.3 is 0 Å². The van der Waals surface area contributed by atoms with E-state index in [1.165, 1.54) is 30.4 Å². The minimum Gasteiger partial charge on any atom is -0.496 e. The van der Waals surface area contributed by atoms with Gasteiger partial charge in [0.15, 0.2) is 0 Å². The largest absolute Gasteiger partial charge is 0.496 e. The number of hydrogen-bond acceptors (Lipinski definition) is 3. The van der Waals surface area contributed by atoms with Crippen molar-refractivity contribution in [3.05, 3.63) is 29.3 Å². The maximum absolute atomic E-state index is 5.78. The Morgan fingerprint density at radius 1 is 1.37 bits per heavy atom. The van der Waals surface area contributed by atoms with Crippen LogP contribution < -0.4 is 10.5 Å². The van der Waals surface area contributed by atoms with Gasteiger partial charge in [0.25, 0.3) is 0 Å². The van der Waals surface area contributed by atoms with Crippen LogP contribution in [-0.4, -0.2) is 31.6 Å². The summed E-state index contributed by atoms with van der Waals surface area (Å²) >= 11 is 0. The van der Waals surface area contributed by atoms with Gasteiger partial charge in [-0.05, 0) is 49.4 Å². The molecule has 0 saturated carbocycles. The van der Waals surface area contributed by atoms with Crippen molar-refractivity contribution in [2.24, 2.45) is 5.73 Å². The molecule has 0 radical (unpaired) electrons. The fraction of sp³-hybridized carbons (Fsp3) is 0.625. The summed E-state index contributed by atoms with van der Waals surface area (Å²) in [6, 6.07) is 6.97. The number of rotatable bonds is 6. The molecular weight excluding hydrogens is 236 g/mol. The molecule has 0 spiro atoms. The summed E-state index contributed by atoms with van der Waals surface area (Å²) in [5.74, 6) is 1.05. The third-order valence-electron chi connectivity index (χ3n) is 4.02. The normalized spacial score (nSPS) is 18.4. The zero-order chi connectivity index (χ0) is 13.7. The molecule has 3 heteroatoms. The van der Waals surface area contributed by atoms with Gasteiger partial charge in [0, 0.05) is 19.1 Å². The SMILES string of the molecule is CCCN(CCN)C1CCCc2c(OC)cccc21. The van der Waals surface area contributed by atoms with Crippen molar-refractivity contribution in [2.45, 2.75) is 38.6 Å². The van der Waals surface area contributed by atoms with Crippen LogP contribution in [0.5, 0.6) is 5.75 Å². The van der Waals surface area contributed by atoms with Crippen molar-refractivity contribution < 1.29 is 4.74 Å². The molecule has 0 aliphatic heterocycles. The van der Waals surface area contributed by atoms with Crippen molar-refractivity contribution >= 4 is 0 Å². The van der Waals surface area contributed by atoms with Gasteiger partial charge in [-0.3, -0.25) is 4.90 Å². The summed E-state index contributed by atoms with van der Waals surface area (Å²) in [6.07, 6.45) is 4.79. The van der Waals surface area contributed by atoms with Crippen LogP contribution in [0.25, 0.3) is 0 Å². The summed E-state index contributed by atoms with van der Waals surface area (Å²) in [5, 5.41) is 0. The molecule has 1 atom stereocenters. The lowest BCUT2D eigenvalue weighted by Crippen LogP contribution is -2.35. The molecule has 1 aromatic rings. The standard InChI is InChI=1S/C16H26N2O/c1-3-11-18(12-10-17)15-8-4-7-14-13(15)6-5-9-16(14)19-2/h5-6,9,15H,3-4,7-8,10-12,17H2,1-2H3. The molecule has 3 nitrogen and oxygen atoms in total. The molecule has 0 amide bonds. The first kappa shape index (κ1) is 14.4. The molecule has 1 aromatic carbocycles. The Hall–Kier alpha value is -1.06. The second-order valence-electron chi connectivity index (χ2n) is 5.26. The molecule has 2 rings (SSSR count). The van der Waals surface area contributed by atoms with Crippen molar-refractivity contribution in [3.63, 3.8) is 0 Å². The van der Waals surface area contributed by atoms with Gasteiger partial charge in [-0.2, -0.15) is 0 Å². The average Bonchev–Trinajstić information content (AvgIpc) is 2.46. The lowest BCUT2D eigenvalue weighted by Gasteiger charge is -2.36. The van der Waals surface area contributed by atoms with Crippen molar-refractivity contribution in [3.8, 4) is 5.75 Å². The summed E-state index contributed by atoms with van der Waals surface area (Å²) in [7, 11) is 1.77. The molecule has 0 heterocycles.